The van der Waals surface area contributed by atoms with Crippen LogP contribution >= 0.6 is 11.3 Å². The molecule has 0 aliphatic heterocycles. The number of aryl methyl sites for hydroxylation is 1. The minimum absolute atomic E-state index is 0.654. The Morgan fingerprint density at radius 2 is 2.05 bits per heavy atom. The lowest BCUT2D eigenvalue weighted by molar-refractivity contribution is 0.989. The Morgan fingerprint density at radius 3 is 2.84 bits per heavy atom. The van der Waals surface area contributed by atoms with Crippen molar-refractivity contribution in [2.45, 2.75) is 13.3 Å². The molecule has 0 fully saturated rings. The van der Waals surface area contributed by atoms with E-state index in [1.807, 2.05) is 38.4 Å². The third kappa shape index (κ3) is 2.42. The van der Waals surface area contributed by atoms with Gasteiger partial charge in [-0.05, 0) is 24.6 Å². The molecule has 19 heavy (non-hydrogen) atoms. The zero-order chi connectivity index (χ0) is 13.2. The van der Waals surface area contributed by atoms with Gasteiger partial charge in [0.05, 0.1) is 20.9 Å². The minimum Gasteiger partial charge on any atom is -0.357 e. The molecule has 0 unspecified atom stereocenters. The summed E-state index contributed by atoms with van der Waals surface area (Å²) in [5, 5.41) is 4.06. The van der Waals surface area contributed by atoms with Gasteiger partial charge in [0.15, 0.2) is 0 Å². The Bertz CT molecular complexity index is 687. The molecular formula is C14H14N4S. The van der Waals surface area contributed by atoms with Crippen LogP contribution in [0.1, 0.15) is 16.3 Å². The highest BCUT2D eigenvalue weighted by molar-refractivity contribution is 7.18. The summed E-state index contributed by atoms with van der Waals surface area (Å²) in [6, 6.07) is 8.20. The van der Waals surface area contributed by atoms with Gasteiger partial charge >= 0.3 is 0 Å². The lowest BCUT2D eigenvalue weighted by atomic mass is 10.2. The second-order valence-corrected chi connectivity index (χ2v) is 5.44. The van der Waals surface area contributed by atoms with Gasteiger partial charge in [0.2, 0.25) is 5.95 Å². The first-order chi connectivity index (χ1) is 9.26. The fourth-order valence-electron chi connectivity index (χ4n) is 1.92. The Hall–Kier alpha value is -2.01. The van der Waals surface area contributed by atoms with Crippen molar-refractivity contribution >= 4 is 27.5 Å². The van der Waals surface area contributed by atoms with E-state index in [4.69, 9.17) is 0 Å². The molecule has 96 valence electrons. The first kappa shape index (κ1) is 12.0. The van der Waals surface area contributed by atoms with Crippen LogP contribution in [-0.2, 0) is 6.42 Å². The maximum atomic E-state index is 4.64. The van der Waals surface area contributed by atoms with Gasteiger partial charge < -0.3 is 5.32 Å². The van der Waals surface area contributed by atoms with Crippen LogP contribution in [-0.4, -0.2) is 22.0 Å². The number of rotatable bonds is 3. The first-order valence-electron chi connectivity index (χ1n) is 6.11. The van der Waals surface area contributed by atoms with E-state index in [9.17, 15) is 0 Å². The van der Waals surface area contributed by atoms with E-state index in [0.717, 1.165) is 28.2 Å². The molecule has 0 saturated heterocycles. The van der Waals surface area contributed by atoms with Crippen LogP contribution in [0.25, 0.3) is 10.2 Å². The predicted molar refractivity (Wildman–Crippen MR) is 78.7 cm³/mol. The van der Waals surface area contributed by atoms with Crippen LogP contribution in [0.2, 0.25) is 0 Å². The Balaban J connectivity index is 1.96. The Kier molecular flexibility index (Phi) is 3.13. The molecule has 4 nitrogen and oxygen atoms in total. The Morgan fingerprint density at radius 1 is 1.21 bits per heavy atom. The zero-order valence-corrected chi connectivity index (χ0v) is 11.7. The molecule has 0 bridgehead atoms. The molecule has 0 aliphatic carbocycles. The minimum atomic E-state index is 0.654. The molecule has 2 heterocycles. The molecule has 3 rings (SSSR count). The maximum absolute atomic E-state index is 4.64. The predicted octanol–water partition coefficient (Wildman–Crippen LogP) is 3.03. The van der Waals surface area contributed by atoms with Gasteiger partial charge in [-0.25, -0.2) is 15.0 Å². The molecule has 0 spiro atoms. The highest BCUT2D eigenvalue weighted by Crippen LogP contribution is 2.24. The second-order valence-electron chi connectivity index (χ2n) is 4.33. The molecule has 0 atom stereocenters. The number of anilines is 1. The van der Waals surface area contributed by atoms with Crippen molar-refractivity contribution in [3.05, 3.63) is 46.7 Å². The summed E-state index contributed by atoms with van der Waals surface area (Å²) < 4.78 is 1.22. The van der Waals surface area contributed by atoms with E-state index in [1.165, 1.54) is 4.70 Å². The fourth-order valence-corrected chi connectivity index (χ4v) is 2.89. The van der Waals surface area contributed by atoms with E-state index in [1.54, 1.807) is 11.3 Å². The number of thiazole rings is 1. The Labute approximate surface area is 115 Å². The standard InChI is InChI=1S/C14H14N4S/c1-9-8-16-14(15-2)18-11(9)7-13-17-10-5-3-4-6-12(10)19-13/h3-6,8H,7H2,1-2H3,(H,15,16,18). The summed E-state index contributed by atoms with van der Waals surface area (Å²) in [5.41, 5.74) is 3.18. The van der Waals surface area contributed by atoms with Crippen LogP contribution in [0.15, 0.2) is 30.5 Å². The van der Waals surface area contributed by atoms with Crippen LogP contribution < -0.4 is 5.32 Å². The number of nitrogens with zero attached hydrogens (tertiary/aromatic N) is 3. The SMILES string of the molecule is CNc1ncc(C)c(Cc2nc3ccccc3s2)n1. The van der Waals surface area contributed by atoms with Gasteiger partial charge in [-0.15, -0.1) is 11.3 Å². The molecule has 0 aliphatic rings. The maximum Gasteiger partial charge on any atom is 0.222 e. The van der Waals surface area contributed by atoms with E-state index < -0.39 is 0 Å². The number of para-hydroxylation sites is 1. The fraction of sp³-hybridized carbons (Fsp3) is 0.214. The monoisotopic (exact) mass is 270 g/mol. The molecule has 3 aromatic rings. The van der Waals surface area contributed by atoms with Crippen molar-refractivity contribution in [2.24, 2.45) is 0 Å². The van der Waals surface area contributed by atoms with Gasteiger partial charge in [0.25, 0.3) is 0 Å². The second kappa shape index (κ2) is 4.93. The van der Waals surface area contributed by atoms with E-state index in [-0.39, 0.29) is 0 Å². The number of nitrogens with one attached hydrogen (secondary N) is 1. The smallest absolute Gasteiger partial charge is 0.222 e. The molecule has 1 N–H and O–H groups in total. The van der Waals surface area contributed by atoms with Crippen LogP contribution in [0.3, 0.4) is 0 Å². The van der Waals surface area contributed by atoms with Gasteiger partial charge in [0, 0.05) is 19.7 Å². The topological polar surface area (TPSA) is 50.7 Å². The normalized spacial score (nSPS) is 10.8. The van der Waals surface area contributed by atoms with E-state index >= 15 is 0 Å². The molecule has 0 saturated carbocycles. The van der Waals surface area contributed by atoms with Crippen LogP contribution in [0.4, 0.5) is 5.95 Å². The number of hydrogen-bond donors (Lipinski definition) is 1. The third-order valence-corrected chi connectivity index (χ3v) is 3.99. The summed E-state index contributed by atoms with van der Waals surface area (Å²) in [4.78, 5) is 13.3. The lowest BCUT2D eigenvalue weighted by Crippen LogP contribution is -2.02. The summed E-state index contributed by atoms with van der Waals surface area (Å²) in [6.45, 7) is 2.03. The molecule has 5 heteroatoms. The summed E-state index contributed by atoms with van der Waals surface area (Å²) in [5.74, 6) is 0.654. The van der Waals surface area contributed by atoms with Crippen molar-refractivity contribution in [2.75, 3.05) is 12.4 Å². The van der Waals surface area contributed by atoms with Gasteiger partial charge in [-0.1, -0.05) is 12.1 Å². The van der Waals surface area contributed by atoms with Crippen molar-refractivity contribution in [1.29, 1.82) is 0 Å². The molecule has 2 aromatic heterocycles. The number of hydrogen-bond acceptors (Lipinski definition) is 5. The van der Waals surface area contributed by atoms with Crippen molar-refractivity contribution in [3.8, 4) is 0 Å². The van der Waals surface area contributed by atoms with Crippen LogP contribution in [0, 0.1) is 6.92 Å². The highest BCUT2D eigenvalue weighted by atomic mass is 32.1. The van der Waals surface area contributed by atoms with Crippen LogP contribution in [0.5, 0.6) is 0 Å². The van der Waals surface area contributed by atoms with E-state index in [0.29, 0.717) is 5.95 Å². The van der Waals surface area contributed by atoms with Crippen molar-refractivity contribution in [1.82, 2.24) is 15.0 Å². The largest absolute Gasteiger partial charge is 0.357 e. The van der Waals surface area contributed by atoms with Gasteiger partial charge in [0.1, 0.15) is 0 Å². The zero-order valence-electron chi connectivity index (χ0n) is 10.8. The average molecular weight is 270 g/mol. The summed E-state index contributed by atoms with van der Waals surface area (Å²) >= 11 is 1.72. The summed E-state index contributed by atoms with van der Waals surface area (Å²) in [7, 11) is 1.83. The first-order valence-corrected chi connectivity index (χ1v) is 6.92. The number of aromatic nitrogens is 3. The number of benzene rings is 1. The number of fused-ring (bicyclic) bond motifs is 1. The molecular weight excluding hydrogens is 256 g/mol. The van der Waals surface area contributed by atoms with Gasteiger partial charge in [-0.3, -0.25) is 0 Å². The van der Waals surface area contributed by atoms with E-state index in [2.05, 4.69) is 26.3 Å². The lowest BCUT2D eigenvalue weighted by Gasteiger charge is -2.04. The third-order valence-electron chi connectivity index (χ3n) is 2.96. The average Bonchev–Trinajstić information content (AvgIpc) is 2.83. The van der Waals surface area contributed by atoms with Crippen molar-refractivity contribution in [3.63, 3.8) is 0 Å². The summed E-state index contributed by atoms with van der Waals surface area (Å²) in [6.07, 6.45) is 2.60. The molecule has 1 aromatic carbocycles. The molecule has 0 radical (unpaired) electrons. The quantitative estimate of drug-likeness (QED) is 0.795. The molecule has 0 amide bonds. The highest BCUT2D eigenvalue weighted by Gasteiger charge is 2.08. The van der Waals surface area contributed by atoms with Gasteiger partial charge in [-0.2, -0.15) is 0 Å². The van der Waals surface area contributed by atoms with Crippen molar-refractivity contribution < 1.29 is 0 Å².